The largest absolute Gasteiger partial charge is 0.469 e. The molecule has 0 unspecified atom stereocenters. The number of likely N-dealkylation sites (tertiary alicyclic amines) is 1. The Morgan fingerprint density at radius 3 is 2.22 bits per heavy atom. The fourth-order valence-corrected chi connectivity index (χ4v) is 3.23. The zero-order valence-electron chi connectivity index (χ0n) is 13.0. The first-order chi connectivity index (χ1) is 11.2. The summed E-state index contributed by atoms with van der Waals surface area (Å²) in [5.74, 6) is -0.636. The number of rotatable bonds is 3. The van der Waals surface area contributed by atoms with Crippen molar-refractivity contribution in [3.8, 4) is 0 Å². The molecule has 0 bridgehead atoms. The number of esters is 1. The van der Waals surface area contributed by atoms with Crippen LogP contribution in [0.4, 0.5) is 0 Å². The zero-order valence-corrected chi connectivity index (χ0v) is 13.0. The lowest BCUT2D eigenvalue weighted by molar-refractivity contribution is -0.146. The van der Waals surface area contributed by atoms with Gasteiger partial charge in [-0.05, 0) is 24.1 Å². The Labute approximate surface area is 135 Å². The van der Waals surface area contributed by atoms with E-state index in [0.29, 0.717) is 18.5 Å². The molecule has 1 amide bonds. The Morgan fingerprint density at radius 2 is 1.61 bits per heavy atom. The molecular formula is C19H19NO3. The van der Waals surface area contributed by atoms with Gasteiger partial charge in [0.25, 0.3) is 5.91 Å². The van der Waals surface area contributed by atoms with Crippen molar-refractivity contribution in [1.82, 2.24) is 4.90 Å². The van der Waals surface area contributed by atoms with Gasteiger partial charge in [-0.3, -0.25) is 9.59 Å². The second-order valence-corrected chi connectivity index (χ2v) is 5.64. The minimum absolute atomic E-state index is 0.0501. The topological polar surface area (TPSA) is 46.6 Å². The predicted molar refractivity (Wildman–Crippen MR) is 86.8 cm³/mol. The van der Waals surface area contributed by atoms with Crippen LogP contribution in [0.3, 0.4) is 0 Å². The minimum Gasteiger partial charge on any atom is -0.469 e. The van der Waals surface area contributed by atoms with Crippen molar-refractivity contribution in [3.05, 3.63) is 71.8 Å². The van der Waals surface area contributed by atoms with Crippen molar-refractivity contribution in [1.29, 1.82) is 0 Å². The maximum absolute atomic E-state index is 12.9. The molecule has 23 heavy (non-hydrogen) atoms. The van der Waals surface area contributed by atoms with Crippen LogP contribution in [0, 0.1) is 5.92 Å². The number of carbonyl (C=O) groups is 2. The van der Waals surface area contributed by atoms with Gasteiger partial charge in [0.15, 0.2) is 0 Å². The summed E-state index contributed by atoms with van der Waals surface area (Å²) < 4.78 is 4.94. The van der Waals surface area contributed by atoms with E-state index in [4.69, 9.17) is 4.74 Å². The van der Waals surface area contributed by atoms with Gasteiger partial charge in [0.1, 0.15) is 0 Å². The molecule has 3 rings (SSSR count). The molecule has 118 valence electrons. The molecule has 2 aromatic carbocycles. The third-order valence-corrected chi connectivity index (χ3v) is 4.32. The minimum atomic E-state index is -0.324. The summed E-state index contributed by atoms with van der Waals surface area (Å²) in [6.07, 6.45) is 0.616. The van der Waals surface area contributed by atoms with Crippen LogP contribution in [-0.4, -0.2) is 30.4 Å². The Balaban J connectivity index is 1.96. The number of amides is 1. The van der Waals surface area contributed by atoms with Crippen molar-refractivity contribution in [2.45, 2.75) is 12.5 Å². The molecule has 0 radical (unpaired) electrons. The maximum atomic E-state index is 12.9. The quantitative estimate of drug-likeness (QED) is 0.819. The Hall–Kier alpha value is -2.62. The van der Waals surface area contributed by atoms with Crippen molar-refractivity contribution in [2.75, 3.05) is 13.7 Å². The van der Waals surface area contributed by atoms with Crippen molar-refractivity contribution < 1.29 is 14.3 Å². The first-order valence-electron chi connectivity index (χ1n) is 7.71. The summed E-state index contributed by atoms with van der Waals surface area (Å²) in [7, 11) is 1.39. The van der Waals surface area contributed by atoms with Crippen molar-refractivity contribution in [3.63, 3.8) is 0 Å². The summed E-state index contributed by atoms with van der Waals surface area (Å²) in [6, 6.07) is 18.6. The molecule has 0 N–H and O–H groups in total. The number of carbonyl (C=O) groups excluding carboxylic acids is 2. The summed E-state index contributed by atoms with van der Waals surface area (Å²) in [5.41, 5.74) is 1.60. The summed E-state index contributed by atoms with van der Waals surface area (Å²) in [6.45, 7) is 0.549. The van der Waals surface area contributed by atoms with E-state index in [-0.39, 0.29) is 23.8 Å². The van der Waals surface area contributed by atoms with Gasteiger partial charge in [-0.25, -0.2) is 0 Å². The van der Waals surface area contributed by atoms with E-state index in [1.54, 1.807) is 17.0 Å². The van der Waals surface area contributed by atoms with Crippen LogP contribution < -0.4 is 0 Å². The third-order valence-electron chi connectivity index (χ3n) is 4.32. The lowest BCUT2D eigenvalue weighted by Crippen LogP contribution is -2.34. The van der Waals surface area contributed by atoms with Crippen molar-refractivity contribution in [2.24, 2.45) is 5.92 Å². The van der Waals surface area contributed by atoms with Crippen molar-refractivity contribution >= 4 is 11.9 Å². The number of hydrogen-bond acceptors (Lipinski definition) is 3. The van der Waals surface area contributed by atoms with E-state index >= 15 is 0 Å². The number of ether oxygens (including phenoxy) is 1. The monoisotopic (exact) mass is 309 g/mol. The van der Waals surface area contributed by atoms with Crippen LogP contribution in [0.15, 0.2) is 60.7 Å². The maximum Gasteiger partial charge on any atom is 0.311 e. The van der Waals surface area contributed by atoms with Gasteiger partial charge in [0, 0.05) is 12.1 Å². The van der Waals surface area contributed by atoms with E-state index in [9.17, 15) is 9.59 Å². The van der Waals surface area contributed by atoms with Crippen LogP contribution in [0.5, 0.6) is 0 Å². The molecule has 1 aliphatic heterocycles. The van der Waals surface area contributed by atoms with Gasteiger partial charge >= 0.3 is 5.97 Å². The lowest BCUT2D eigenvalue weighted by atomic mass is 9.93. The SMILES string of the molecule is COC(=O)[C@@H]1CCN(C(=O)c2ccccc2)[C@@H]1c1ccccc1. The normalized spacial score (nSPS) is 20.3. The zero-order chi connectivity index (χ0) is 16.2. The molecule has 0 saturated carbocycles. The summed E-state index contributed by atoms with van der Waals surface area (Å²) >= 11 is 0. The number of benzene rings is 2. The molecule has 1 heterocycles. The van der Waals surface area contributed by atoms with E-state index in [1.165, 1.54) is 7.11 Å². The highest BCUT2D eigenvalue weighted by atomic mass is 16.5. The molecule has 2 aromatic rings. The molecule has 0 aliphatic carbocycles. The first-order valence-corrected chi connectivity index (χ1v) is 7.71. The number of hydrogen-bond donors (Lipinski definition) is 0. The van der Waals surface area contributed by atoms with Crippen LogP contribution in [0.1, 0.15) is 28.4 Å². The predicted octanol–water partition coefficient (Wildman–Crippen LogP) is 3.06. The van der Waals surface area contributed by atoms with E-state index < -0.39 is 0 Å². The summed E-state index contributed by atoms with van der Waals surface area (Å²) in [4.78, 5) is 26.8. The molecule has 2 atom stereocenters. The first kappa shape index (κ1) is 15.3. The molecule has 0 spiro atoms. The van der Waals surface area contributed by atoms with Crippen LogP contribution in [0.25, 0.3) is 0 Å². The highest BCUT2D eigenvalue weighted by Gasteiger charge is 2.42. The second-order valence-electron chi connectivity index (χ2n) is 5.64. The van der Waals surface area contributed by atoms with E-state index in [1.807, 2.05) is 48.5 Å². The highest BCUT2D eigenvalue weighted by Crippen LogP contribution is 2.38. The number of methoxy groups -OCH3 is 1. The fraction of sp³-hybridized carbons (Fsp3) is 0.263. The molecule has 1 saturated heterocycles. The molecule has 1 fully saturated rings. The second kappa shape index (κ2) is 6.65. The number of nitrogens with zero attached hydrogens (tertiary/aromatic N) is 1. The van der Waals surface area contributed by atoms with Gasteiger partial charge in [-0.15, -0.1) is 0 Å². The van der Waals surface area contributed by atoms with Crippen LogP contribution in [-0.2, 0) is 9.53 Å². The average molecular weight is 309 g/mol. The third kappa shape index (κ3) is 2.97. The summed E-state index contributed by atoms with van der Waals surface area (Å²) in [5, 5.41) is 0. The Bertz CT molecular complexity index is 684. The lowest BCUT2D eigenvalue weighted by Gasteiger charge is -2.28. The Morgan fingerprint density at radius 1 is 1.00 bits per heavy atom. The van der Waals surface area contributed by atoms with Crippen LogP contribution >= 0.6 is 0 Å². The molecule has 0 aromatic heterocycles. The van der Waals surface area contributed by atoms with E-state index in [0.717, 1.165) is 5.56 Å². The standard InChI is InChI=1S/C19H19NO3/c1-23-19(22)16-12-13-20(17(16)14-8-4-2-5-9-14)18(21)15-10-6-3-7-11-15/h2-11,16-17H,12-13H2,1H3/t16-,17-/m1/s1. The van der Waals surface area contributed by atoms with Gasteiger partial charge in [-0.2, -0.15) is 0 Å². The highest BCUT2D eigenvalue weighted by molar-refractivity contribution is 5.95. The average Bonchev–Trinajstić information content (AvgIpc) is 3.07. The molecular weight excluding hydrogens is 290 g/mol. The molecule has 1 aliphatic rings. The van der Waals surface area contributed by atoms with Gasteiger partial charge in [0.05, 0.1) is 19.1 Å². The van der Waals surface area contributed by atoms with Gasteiger partial charge in [0.2, 0.25) is 0 Å². The molecule has 4 nitrogen and oxygen atoms in total. The van der Waals surface area contributed by atoms with E-state index in [2.05, 4.69) is 0 Å². The fourth-order valence-electron chi connectivity index (χ4n) is 3.23. The smallest absolute Gasteiger partial charge is 0.311 e. The Kier molecular flexibility index (Phi) is 4.42. The van der Waals surface area contributed by atoms with Gasteiger partial charge < -0.3 is 9.64 Å². The van der Waals surface area contributed by atoms with Crippen LogP contribution in [0.2, 0.25) is 0 Å². The molecule has 4 heteroatoms. The van der Waals surface area contributed by atoms with Gasteiger partial charge in [-0.1, -0.05) is 48.5 Å².